The van der Waals surface area contributed by atoms with E-state index in [1.54, 1.807) is 36.7 Å². The lowest BCUT2D eigenvalue weighted by Crippen LogP contribution is -2.32. The predicted molar refractivity (Wildman–Crippen MR) is 94.5 cm³/mol. The van der Waals surface area contributed by atoms with Crippen molar-refractivity contribution in [2.75, 3.05) is 25.0 Å². The molecule has 0 unspecified atom stereocenters. The van der Waals surface area contributed by atoms with E-state index in [1.807, 2.05) is 11.0 Å². The van der Waals surface area contributed by atoms with Gasteiger partial charge < -0.3 is 15.5 Å². The summed E-state index contributed by atoms with van der Waals surface area (Å²) in [6.07, 6.45) is 5.76. The summed E-state index contributed by atoms with van der Waals surface area (Å²) >= 11 is 0. The van der Waals surface area contributed by atoms with Gasteiger partial charge in [0.05, 0.1) is 0 Å². The Kier molecular flexibility index (Phi) is 5.56. The standard InChI is InChI=1S/C18H21N5O2/c24-16(23-11-1-2-12-23)7-10-19-17(25)14-5-3-6-15(13-14)22-18-20-8-4-9-21-18/h3-6,8-9,13H,1-2,7,10-12H2,(H,19,25)(H,20,21,22). The van der Waals surface area contributed by atoms with Crippen LogP contribution in [0.3, 0.4) is 0 Å². The number of hydrogen-bond acceptors (Lipinski definition) is 5. The van der Waals surface area contributed by atoms with Crippen molar-refractivity contribution in [3.63, 3.8) is 0 Å². The Morgan fingerprint density at radius 2 is 1.84 bits per heavy atom. The van der Waals surface area contributed by atoms with Crippen LogP contribution in [0.2, 0.25) is 0 Å². The molecule has 0 spiro atoms. The monoisotopic (exact) mass is 339 g/mol. The number of nitrogens with one attached hydrogen (secondary N) is 2. The Hall–Kier alpha value is -2.96. The van der Waals surface area contributed by atoms with Crippen LogP contribution in [-0.2, 0) is 4.79 Å². The van der Waals surface area contributed by atoms with Crippen LogP contribution in [0.1, 0.15) is 29.6 Å². The molecule has 0 aliphatic carbocycles. The third kappa shape index (κ3) is 4.76. The molecule has 2 aromatic rings. The average molecular weight is 339 g/mol. The molecule has 1 aliphatic rings. The van der Waals surface area contributed by atoms with Gasteiger partial charge in [0.25, 0.3) is 5.91 Å². The number of amides is 2. The van der Waals surface area contributed by atoms with E-state index in [-0.39, 0.29) is 11.8 Å². The Labute approximate surface area is 146 Å². The highest BCUT2D eigenvalue weighted by atomic mass is 16.2. The molecule has 7 nitrogen and oxygen atoms in total. The van der Waals surface area contributed by atoms with Gasteiger partial charge in [-0.05, 0) is 37.1 Å². The highest BCUT2D eigenvalue weighted by molar-refractivity contribution is 5.95. The van der Waals surface area contributed by atoms with Gasteiger partial charge in [-0.25, -0.2) is 9.97 Å². The highest BCUT2D eigenvalue weighted by Gasteiger charge is 2.17. The topological polar surface area (TPSA) is 87.2 Å². The summed E-state index contributed by atoms with van der Waals surface area (Å²) in [4.78, 5) is 34.3. The molecule has 0 bridgehead atoms. The van der Waals surface area contributed by atoms with Gasteiger partial charge in [0.1, 0.15) is 0 Å². The van der Waals surface area contributed by atoms with Gasteiger partial charge in [-0.3, -0.25) is 9.59 Å². The Bertz CT molecular complexity index is 729. The largest absolute Gasteiger partial charge is 0.352 e. The second kappa shape index (κ2) is 8.23. The number of aromatic nitrogens is 2. The van der Waals surface area contributed by atoms with E-state index < -0.39 is 0 Å². The van der Waals surface area contributed by atoms with E-state index in [9.17, 15) is 9.59 Å². The fourth-order valence-electron chi connectivity index (χ4n) is 2.74. The third-order valence-corrected chi connectivity index (χ3v) is 4.03. The number of benzene rings is 1. The lowest BCUT2D eigenvalue weighted by Gasteiger charge is -2.15. The lowest BCUT2D eigenvalue weighted by molar-refractivity contribution is -0.129. The molecule has 1 aromatic heterocycles. The number of nitrogens with zero attached hydrogens (tertiary/aromatic N) is 3. The van der Waals surface area contributed by atoms with E-state index in [2.05, 4.69) is 20.6 Å². The van der Waals surface area contributed by atoms with Crippen molar-refractivity contribution in [2.24, 2.45) is 0 Å². The average Bonchev–Trinajstić information content (AvgIpc) is 3.17. The summed E-state index contributed by atoms with van der Waals surface area (Å²) < 4.78 is 0. The van der Waals surface area contributed by atoms with Crippen LogP contribution in [-0.4, -0.2) is 46.3 Å². The number of anilines is 2. The van der Waals surface area contributed by atoms with Gasteiger partial charge in [-0.1, -0.05) is 6.07 Å². The zero-order valence-corrected chi connectivity index (χ0v) is 13.9. The minimum atomic E-state index is -0.202. The minimum Gasteiger partial charge on any atom is -0.352 e. The van der Waals surface area contributed by atoms with Gasteiger partial charge in [-0.15, -0.1) is 0 Å². The van der Waals surface area contributed by atoms with Crippen molar-refractivity contribution in [3.8, 4) is 0 Å². The first-order valence-electron chi connectivity index (χ1n) is 8.42. The molecule has 2 N–H and O–H groups in total. The van der Waals surface area contributed by atoms with Crippen molar-refractivity contribution < 1.29 is 9.59 Å². The van der Waals surface area contributed by atoms with E-state index in [1.165, 1.54) is 0 Å². The summed E-state index contributed by atoms with van der Waals surface area (Å²) in [5.41, 5.74) is 1.25. The second-order valence-corrected chi connectivity index (χ2v) is 5.87. The van der Waals surface area contributed by atoms with Crippen molar-refractivity contribution in [3.05, 3.63) is 48.3 Å². The molecule has 1 aliphatic heterocycles. The summed E-state index contributed by atoms with van der Waals surface area (Å²) in [5.74, 6) is 0.373. The SMILES string of the molecule is O=C(NCCC(=O)N1CCCC1)c1cccc(Nc2ncccn2)c1. The number of likely N-dealkylation sites (tertiary alicyclic amines) is 1. The van der Waals surface area contributed by atoms with Crippen LogP contribution in [0.4, 0.5) is 11.6 Å². The van der Waals surface area contributed by atoms with Gasteiger partial charge in [-0.2, -0.15) is 0 Å². The van der Waals surface area contributed by atoms with Crippen molar-refractivity contribution >= 4 is 23.5 Å². The Morgan fingerprint density at radius 1 is 1.08 bits per heavy atom. The molecule has 7 heteroatoms. The molecule has 2 heterocycles. The van der Waals surface area contributed by atoms with Crippen LogP contribution in [0.15, 0.2) is 42.7 Å². The normalized spacial score (nSPS) is 13.5. The maximum Gasteiger partial charge on any atom is 0.251 e. The number of carbonyl (C=O) groups excluding carboxylic acids is 2. The van der Waals surface area contributed by atoms with Gasteiger partial charge >= 0.3 is 0 Å². The van der Waals surface area contributed by atoms with Crippen LogP contribution in [0.25, 0.3) is 0 Å². The van der Waals surface area contributed by atoms with Crippen LogP contribution >= 0.6 is 0 Å². The molecule has 2 amide bonds. The fraction of sp³-hybridized carbons (Fsp3) is 0.333. The highest BCUT2D eigenvalue weighted by Crippen LogP contribution is 2.14. The Morgan fingerprint density at radius 3 is 2.60 bits per heavy atom. The fourth-order valence-corrected chi connectivity index (χ4v) is 2.74. The minimum absolute atomic E-state index is 0.106. The van der Waals surface area contributed by atoms with E-state index >= 15 is 0 Å². The van der Waals surface area contributed by atoms with E-state index in [4.69, 9.17) is 0 Å². The molecule has 1 saturated heterocycles. The molecule has 1 aromatic carbocycles. The molecule has 1 fully saturated rings. The summed E-state index contributed by atoms with van der Waals surface area (Å²) in [6.45, 7) is 2.01. The van der Waals surface area contributed by atoms with Gasteiger partial charge in [0.2, 0.25) is 11.9 Å². The summed E-state index contributed by atoms with van der Waals surface area (Å²) in [5, 5.41) is 5.85. The molecular formula is C18H21N5O2. The van der Waals surface area contributed by atoms with Crippen molar-refractivity contribution in [1.29, 1.82) is 0 Å². The molecular weight excluding hydrogens is 318 g/mol. The molecule has 0 saturated carbocycles. The second-order valence-electron chi connectivity index (χ2n) is 5.87. The molecule has 0 atom stereocenters. The van der Waals surface area contributed by atoms with E-state index in [0.29, 0.717) is 24.5 Å². The molecule has 25 heavy (non-hydrogen) atoms. The summed E-state index contributed by atoms with van der Waals surface area (Å²) in [7, 11) is 0. The molecule has 130 valence electrons. The third-order valence-electron chi connectivity index (χ3n) is 4.03. The predicted octanol–water partition coefficient (Wildman–Crippen LogP) is 1.96. The lowest BCUT2D eigenvalue weighted by atomic mass is 10.2. The first kappa shape index (κ1) is 16.9. The van der Waals surface area contributed by atoms with Crippen molar-refractivity contribution in [1.82, 2.24) is 20.2 Å². The maximum atomic E-state index is 12.3. The molecule has 0 radical (unpaired) electrons. The summed E-state index contributed by atoms with van der Waals surface area (Å²) in [6, 6.07) is 8.82. The van der Waals surface area contributed by atoms with E-state index in [0.717, 1.165) is 31.6 Å². The van der Waals surface area contributed by atoms with Crippen LogP contribution in [0, 0.1) is 0 Å². The van der Waals surface area contributed by atoms with Crippen molar-refractivity contribution in [2.45, 2.75) is 19.3 Å². The van der Waals surface area contributed by atoms with Gasteiger partial charge in [0.15, 0.2) is 0 Å². The Balaban J connectivity index is 1.51. The quantitative estimate of drug-likeness (QED) is 0.840. The van der Waals surface area contributed by atoms with Crippen LogP contribution < -0.4 is 10.6 Å². The zero-order chi connectivity index (χ0) is 17.5. The number of rotatable bonds is 6. The number of hydrogen-bond donors (Lipinski definition) is 2. The zero-order valence-electron chi connectivity index (χ0n) is 13.9. The maximum absolute atomic E-state index is 12.3. The molecule has 3 rings (SSSR count). The first-order chi connectivity index (χ1) is 12.2. The first-order valence-corrected chi connectivity index (χ1v) is 8.42. The smallest absolute Gasteiger partial charge is 0.251 e. The number of carbonyl (C=O) groups is 2. The van der Waals surface area contributed by atoms with Gasteiger partial charge in [0, 0.05) is 49.7 Å². The van der Waals surface area contributed by atoms with Crippen LogP contribution in [0.5, 0.6) is 0 Å².